The molecule has 0 saturated carbocycles. The zero-order valence-electron chi connectivity index (χ0n) is 19.4. The molecule has 3 aromatic rings. The van der Waals surface area contributed by atoms with Crippen LogP contribution in [0.5, 0.6) is 0 Å². The minimum atomic E-state index is -1.15. The molecule has 2 amide bonds. The summed E-state index contributed by atoms with van der Waals surface area (Å²) in [6.07, 6.45) is 3.77. The maximum atomic E-state index is 12.6. The molecule has 0 spiro atoms. The number of furan rings is 1. The van der Waals surface area contributed by atoms with Crippen molar-refractivity contribution in [1.82, 2.24) is 10.6 Å². The van der Waals surface area contributed by atoms with Gasteiger partial charge in [0, 0.05) is 28.8 Å². The lowest BCUT2D eigenvalue weighted by Crippen LogP contribution is -2.48. The van der Waals surface area contributed by atoms with E-state index in [1.54, 1.807) is 26.8 Å². The Hall–Kier alpha value is -3.62. The van der Waals surface area contributed by atoms with Gasteiger partial charge in [0.05, 0.1) is 18.5 Å². The number of hydrogen-bond acceptors (Lipinski definition) is 6. The molecule has 1 aromatic carbocycles. The molecule has 0 radical (unpaired) electrons. The quantitative estimate of drug-likeness (QED) is 0.453. The summed E-state index contributed by atoms with van der Waals surface area (Å²) in [6, 6.07) is 2.65. The molecule has 0 bridgehead atoms. The van der Waals surface area contributed by atoms with Crippen molar-refractivity contribution in [2.75, 3.05) is 6.54 Å². The maximum Gasteiger partial charge on any atom is 0.340 e. The summed E-state index contributed by atoms with van der Waals surface area (Å²) in [6.45, 7) is 4.72. The van der Waals surface area contributed by atoms with Gasteiger partial charge in [-0.05, 0) is 43.7 Å². The lowest BCUT2D eigenvalue weighted by Gasteiger charge is -2.18. The van der Waals surface area contributed by atoms with Gasteiger partial charge in [0.2, 0.25) is 11.8 Å². The molecule has 0 saturated heterocycles. The Labute approximate surface area is 195 Å². The van der Waals surface area contributed by atoms with Gasteiger partial charge in [0.1, 0.15) is 23.0 Å². The van der Waals surface area contributed by atoms with Gasteiger partial charge >= 0.3 is 11.6 Å². The van der Waals surface area contributed by atoms with Crippen LogP contribution >= 0.6 is 0 Å². The molecule has 4 rings (SSSR count). The number of carboxylic acids is 1. The fraction of sp³-hybridized carbons (Fsp3) is 0.440. The van der Waals surface area contributed by atoms with E-state index in [1.165, 1.54) is 5.56 Å². The molecular formula is C25H28N2O7. The van der Waals surface area contributed by atoms with E-state index < -0.39 is 36.0 Å². The van der Waals surface area contributed by atoms with Crippen molar-refractivity contribution < 1.29 is 28.3 Å². The smallest absolute Gasteiger partial charge is 0.340 e. The molecule has 3 N–H and O–H groups in total. The van der Waals surface area contributed by atoms with Crippen LogP contribution in [-0.2, 0) is 33.6 Å². The molecule has 9 heteroatoms. The Morgan fingerprint density at radius 3 is 2.44 bits per heavy atom. The lowest BCUT2D eigenvalue weighted by molar-refractivity contribution is -0.143. The van der Waals surface area contributed by atoms with E-state index in [9.17, 15) is 24.3 Å². The number of amides is 2. The van der Waals surface area contributed by atoms with E-state index in [1.807, 2.05) is 6.07 Å². The van der Waals surface area contributed by atoms with Gasteiger partial charge in [0.15, 0.2) is 0 Å². The standard InChI is InChI=1S/C25H28N2O7/c1-12(2)23(24(30)31)27-22(29)11-26-21(28)9-16-13(3)15-8-17-14-6-4-5-7-18(14)33-20(17)10-19(15)34-25(16)32/h8,10,12,23H,4-7,9,11H2,1-3H3,(H,26,28)(H,27,29)(H,30,31)/t23-/m0/s1. The molecule has 9 nitrogen and oxygen atoms in total. The van der Waals surface area contributed by atoms with Crippen LogP contribution in [0.1, 0.15) is 49.1 Å². The molecule has 1 aliphatic carbocycles. The van der Waals surface area contributed by atoms with Crippen LogP contribution in [-0.4, -0.2) is 35.5 Å². The van der Waals surface area contributed by atoms with Crippen LogP contribution in [0.15, 0.2) is 25.8 Å². The van der Waals surface area contributed by atoms with Gasteiger partial charge in [0.25, 0.3) is 0 Å². The SMILES string of the molecule is Cc1c(CC(=O)NCC(=O)N[C@H](C(=O)O)C(C)C)c(=O)oc2cc3oc4c(c3cc12)CCCC4. The first-order valence-corrected chi connectivity index (χ1v) is 11.4. The van der Waals surface area contributed by atoms with Crippen molar-refractivity contribution in [3.8, 4) is 0 Å². The average Bonchev–Trinajstić information content (AvgIpc) is 3.14. The van der Waals surface area contributed by atoms with E-state index in [0.717, 1.165) is 42.2 Å². The topological polar surface area (TPSA) is 139 Å². The van der Waals surface area contributed by atoms with Crippen molar-refractivity contribution in [2.45, 2.75) is 58.9 Å². The summed E-state index contributed by atoms with van der Waals surface area (Å²) in [7, 11) is 0. The summed E-state index contributed by atoms with van der Waals surface area (Å²) >= 11 is 0. The van der Waals surface area contributed by atoms with E-state index in [-0.39, 0.29) is 17.9 Å². The van der Waals surface area contributed by atoms with E-state index in [4.69, 9.17) is 8.83 Å². The third-order valence-electron chi connectivity index (χ3n) is 6.40. The zero-order chi connectivity index (χ0) is 24.6. The summed E-state index contributed by atoms with van der Waals surface area (Å²) in [5, 5.41) is 15.7. The van der Waals surface area contributed by atoms with Gasteiger partial charge in [-0.25, -0.2) is 9.59 Å². The van der Waals surface area contributed by atoms with Gasteiger partial charge in [-0.15, -0.1) is 0 Å². The molecule has 0 aliphatic heterocycles. The number of hydrogen-bond donors (Lipinski definition) is 3. The molecule has 34 heavy (non-hydrogen) atoms. The highest BCUT2D eigenvalue weighted by Gasteiger charge is 2.24. The number of rotatable bonds is 7. The first kappa shape index (κ1) is 23.5. The summed E-state index contributed by atoms with van der Waals surface area (Å²) in [5.74, 6) is -1.63. The highest BCUT2D eigenvalue weighted by Crippen LogP contribution is 2.35. The largest absolute Gasteiger partial charge is 0.480 e. The van der Waals surface area contributed by atoms with Crippen LogP contribution in [0, 0.1) is 12.8 Å². The van der Waals surface area contributed by atoms with Crippen molar-refractivity contribution in [2.24, 2.45) is 5.92 Å². The Morgan fingerprint density at radius 2 is 1.74 bits per heavy atom. The monoisotopic (exact) mass is 468 g/mol. The highest BCUT2D eigenvalue weighted by molar-refractivity contribution is 5.97. The molecule has 0 fully saturated rings. The van der Waals surface area contributed by atoms with Crippen molar-refractivity contribution >= 4 is 39.7 Å². The Kier molecular flexibility index (Phi) is 6.45. The first-order chi connectivity index (χ1) is 16.2. The minimum Gasteiger partial charge on any atom is -0.480 e. The number of nitrogens with one attached hydrogen (secondary N) is 2. The first-order valence-electron chi connectivity index (χ1n) is 11.4. The lowest BCUT2D eigenvalue weighted by atomic mass is 9.94. The van der Waals surface area contributed by atoms with E-state index >= 15 is 0 Å². The maximum absolute atomic E-state index is 12.6. The number of aliphatic carboxylic acids is 1. The van der Waals surface area contributed by atoms with Crippen LogP contribution in [0.3, 0.4) is 0 Å². The van der Waals surface area contributed by atoms with Crippen molar-refractivity contribution in [3.05, 3.63) is 45.0 Å². The fourth-order valence-electron chi connectivity index (χ4n) is 4.49. The normalized spacial score (nSPS) is 14.2. The van der Waals surface area contributed by atoms with Gasteiger partial charge < -0.3 is 24.6 Å². The predicted octanol–water partition coefficient (Wildman–Crippen LogP) is 2.61. The number of carbonyl (C=O) groups is 3. The predicted molar refractivity (Wildman–Crippen MR) is 125 cm³/mol. The second-order valence-corrected chi connectivity index (χ2v) is 9.13. The number of carboxylic acid groups (broad SMARTS) is 1. The number of benzene rings is 1. The second kappa shape index (κ2) is 9.32. The second-order valence-electron chi connectivity index (χ2n) is 9.13. The zero-order valence-corrected chi connectivity index (χ0v) is 19.4. The van der Waals surface area contributed by atoms with Crippen LogP contribution in [0.4, 0.5) is 0 Å². The number of carbonyl (C=O) groups excluding carboxylic acids is 2. The highest BCUT2D eigenvalue weighted by atomic mass is 16.4. The van der Waals surface area contributed by atoms with Gasteiger partial charge in [-0.1, -0.05) is 13.8 Å². The summed E-state index contributed by atoms with van der Waals surface area (Å²) in [4.78, 5) is 48.4. The summed E-state index contributed by atoms with van der Waals surface area (Å²) < 4.78 is 11.5. The Morgan fingerprint density at radius 1 is 1.03 bits per heavy atom. The van der Waals surface area contributed by atoms with Crippen LogP contribution < -0.4 is 16.3 Å². The van der Waals surface area contributed by atoms with Gasteiger partial charge in [-0.2, -0.15) is 0 Å². The van der Waals surface area contributed by atoms with Crippen LogP contribution in [0.25, 0.3) is 21.9 Å². The molecular weight excluding hydrogens is 440 g/mol. The third-order valence-corrected chi connectivity index (χ3v) is 6.40. The fourth-order valence-corrected chi connectivity index (χ4v) is 4.49. The number of aryl methyl sites for hydroxylation is 3. The Bertz CT molecular complexity index is 1350. The van der Waals surface area contributed by atoms with E-state index in [2.05, 4.69) is 10.6 Å². The molecule has 2 heterocycles. The minimum absolute atomic E-state index is 0.215. The third kappa shape index (κ3) is 4.55. The van der Waals surface area contributed by atoms with Crippen molar-refractivity contribution in [3.63, 3.8) is 0 Å². The molecule has 1 aliphatic rings. The van der Waals surface area contributed by atoms with Crippen molar-refractivity contribution in [1.29, 1.82) is 0 Å². The summed E-state index contributed by atoms with van der Waals surface area (Å²) in [5.41, 5.74) is 2.53. The van der Waals surface area contributed by atoms with Crippen LogP contribution in [0.2, 0.25) is 0 Å². The molecule has 2 aromatic heterocycles. The van der Waals surface area contributed by atoms with Gasteiger partial charge in [-0.3, -0.25) is 9.59 Å². The molecule has 180 valence electrons. The molecule has 1 atom stereocenters. The number of fused-ring (bicyclic) bond motifs is 4. The van der Waals surface area contributed by atoms with E-state index in [0.29, 0.717) is 16.7 Å². The molecule has 0 unspecified atom stereocenters. The average molecular weight is 469 g/mol. The Balaban J connectivity index is 1.53.